The standard InChI is InChI=1S/C17H13FN4O4/c18-12-7-3-4-8-13(12)26-9-14(23)19-22-17(25)15-10-5-1-2-6-11(10)16(24)21-20-15/h1-8H,9H2,(H,19,23)(H,21,24)(H,22,25). The van der Waals surface area contributed by atoms with E-state index in [2.05, 4.69) is 21.0 Å². The lowest BCUT2D eigenvalue weighted by atomic mass is 10.1. The largest absolute Gasteiger partial charge is 0.481 e. The van der Waals surface area contributed by atoms with Crippen molar-refractivity contribution in [3.63, 3.8) is 0 Å². The number of amides is 2. The molecule has 3 N–H and O–H groups in total. The van der Waals surface area contributed by atoms with Crippen molar-refractivity contribution in [1.29, 1.82) is 0 Å². The van der Waals surface area contributed by atoms with E-state index in [0.717, 1.165) is 0 Å². The topological polar surface area (TPSA) is 113 Å². The minimum Gasteiger partial charge on any atom is -0.481 e. The summed E-state index contributed by atoms with van der Waals surface area (Å²) in [6.07, 6.45) is 0. The van der Waals surface area contributed by atoms with Crippen molar-refractivity contribution in [2.24, 2.45) is 0 Å². The van der Waals surface area contributed by atoms with Crippen molar-refractivity contribution >= 4 is 22.6 Å². The molecule has 3 aromatic rings. The van der Waals surface area contributed by atoms with Crippen LogP contribution in [0.15, 0.2) is 53.3 Å². The number of aromatic amines is 1. The molecule has 0 saturated heterocycles. The number of rotatable bonds is 4. The summed E-state index contributed by atoms with van der Waals surface area (Å²) in [6.45, 7) is -0.499. The molecule has 1 aromatic heterocycles. The molecule has 0 atom stereocenters. The summed E-state index contributed by atoms with van der Waals surface area (Å²) in [4.78, 5) is 35.6. The quantitative estimate of drug-likeness (QED) is 0.601. The Hall–Kier alpha value is -3.75. The van der Waals surface area contributed by atoms with Crippen LogP contribution >= 0.6 is 0 Å². The van der Waals surface area contributed by atoms with Gasteiger partial charge in [0.15, 0.2) is 23.9 Å². The Morgan fingerprint density at radius 1 is 1.04 bits per heavy atom. The number of H-pyrrole nitrogens is 1. The SMILES string of the molecule is O=C(COc1ccccc1F)NNC(=O)c1n[nH]c(=O)c2ccccc12. The van der Waals surface area contributed by atoms with Crippen LogP contribution in [-0.2, 0) is 4.79 Å². The molecule has 1 heterocycles. The van der Waals surface area contributed by atoms with Crippen LogP contribution in [0, 0.1) is 5.82 Å². The minimum atomic E-state index is -0.725. The van der Waals surface area contributed by atoms with E-state index in [1.165, 1.54) is 18.2 Å². The van der Waals surface area contributed by atoms with E-state index in [9.17, 15) is 18.8 Å². The highest BCUT2D eigenvalue weighted by molar-refractivity contribution is 6.05. The minimum absolute atomic E-state index is 0.0597. The number of ether oxygens (including phenoxy) is 1. The van der Waals surface area contributed by atoms with Crippen LogP contribution in [0.4, 0.5) is 4.39 Å². The predicted molar refractivity (Wildman–Crippen MR) is 89.9 cm³/mol. The fraction of sp³-hybridized carbons (Fsp3) is 0.0588. The second-order valence-electron chi connectivity index (χ2n) is 5.17. The van der Waals surface area contributed by atoms with Crippen molar-refractivity contribution < 1.29 is 18.7 Å². The van der Waals surface area contributed by atoms with Gasteiger partial charge in [-0.2, -0.15) is 5.10 Å². The number of para-hydroxylation sites is 1. The van der Waals surface area contributed by atoms with E-state index in [1.54, 1.807) is 30.3 Å². The van der Waals surface area contributed by atoms with Crippen molar-refractivity contribution in [3.8, 4) is 5.75 Å². The first-order chi connectivity index (χ1) is 12.6. The molecule has 0 fully saturated rings. The number of hydrogen-bond acceptors (Lipinski definition) is 5. The third-order valence-corrected chi connectivity index (χ3v) is 3.42. The molecular formula is C17H13FN4O4. The molecule has 0 saturated carbocycles. The Bertz CT molecular complexity index is 1030. The number of hydrazine groups is 1. The average Bonchev–Trinajstić information content (AvgIpc) is 2.66. The number of carbonyl (C=O) groups is 2. The summed E-state index contributed by atoms with van der Waals surface area (Å²) < 4.78 is 18.4. The Morgan fingerprint density at radius 3 is 2.50 bits per heavy atom. The van der Waals surface area contributed by atoms with E-state index in [0.29, 0.717) is 10.8 Å². The smallest absolute Gasteiger partial charge is 0.290 e. The summed E-state index contributed by atoms with van der Waals surface area (Å²) in [7, 11) is 0. The second-order valence-corrected chi connectivity index (χ2v) is 5.17. The number of aromatic nitrogens is 2. The maximum Gasteiger partial charge on any atom is 0.290 e. The molecule has 0 aliphatic carbocycles. The van der Waals surface area contributed by atoms with Gasteiger partial charge in [0.25, 0.3) is 17.4 Å². The number of hydrogen-bond donors (Lipinski definition) is 3. The van der Waals surface area contributed by atoms with E-state index in [-0.39, 0.29) is 11.4 Å². The van der Waals surface area contributed by atoms with E-state index < -0.39 is 29.8 Å². The molecule has 8 nitrogen and oxygen atoms in total. The first-order valence-electron chi connectivity index (χ1n) is 7.50. The van der Waals surface area contributed by atoms with E-state index >= 15 is 0 Å². The number of halogens is 1. The van der Waals surface area contributed by atoms with Gasteiger partial charge in [0.1, 0.15) is 0 Å². The molecule has 3 rings (SSSR count). The summed E-state index contributed by atoms with van der Waals surface area (Å²) in [5.74, 6) is -2.11. The summed E-state index contributed by atoms with van der Waals surface area (Å²) in [5, 5.41) is 6.56. The van der Waals surface area contributed by atoms with Gasteiger partial charge < -0.3 is 4.74 Å². The lowest BCUT2D eigenvalue weighted by molar-refractivity contribution is -0.123. The molecule has 132 valence electrons. The van der Waals surface area contributed by atoms with Gasteiger partial charge in [0, 0.05) is 5.39 Å². The first kappa shape index (κ1) is 17.1. The van der Waals surface area contributed by atoms with E-state index in [4.69, 9.17) is 4.74 Å². The zero-order chi connectivity index (χ0) is 18.5. The summed E-state index contributed by atoms with van der Waals surface area (Å²) >= 11 is 0. The Labute approximate surface area is 146 Å². The number of nitrogens with one attached hydrogen (secondary N) is 3. The van der Waals surface area contributed by atoms with Gasteiger partial charge in [-0.05, 0) is 18.2 Å². The van der Waals surface area contributed by atoms with E-state index in [1.807, 2.05) is 0 Å². The molecule has 0 spiro atoms. The van der Waals surface area contributed by atoms with Crippen LogP contribution in [-0.4, -0.2) is 28.6 Å². The molecule has 2 amide bonds. The molecule has 0 bridgehead atoms. The predicted octanol–water partition coefficient (Wildman–Crippen LogP) is 0.902. The third-order valence-electron chi connectivity index (χ3n) is 3.42. The molecule has 0 radical (unpaired) electrons. The van der Waals surface area contributed by atoms with Gasteiger partial charge in [0.2, 0.25) is 0 Å². The Morgan fingerprint density at radius 2 is 1.73 bits per heavy atom. The highest BCUT2D eigenvalue weighted by Crippen LogP contribution is 2.15. The van der Waals surface area contributed by atoms with Gasteiger partial charge in [-0.3, -0.25) is 25.2 Å². The maximum absolute atomic E-state index is 13.4. The third kappa shape index (κ3) is 3.66. The first-order valence-corrected chi connectivity index (χ1v) is 7.50. The monoisotopic (exact) mass is 356 g/mol. The van der Waals surface area contributed by atoms with Gasteiger partial charge in [-0.1, -0.05) is 30.3 Å². The number of benzene rings is 2. The van der Waals surface area contributed by atoms with Crippen LogP contribution < -0.4 is 21.1 Å². The molecular weight excluding hydrogens is 343 g/mol. The molecule has 0 aliphatic heterocycles. The Kier molecular flexibility index (Phi) is 4.88. The zero-order valence-electron chi connectivity index (χ0n) is 13.3. The number of fused-ring (bicyclic) bond motifs is 1. The highest BCUT2D eigenvalue weighted by Gasteiger charge is 2.15. The van der Waals surface area contributed by atoms with Crippen molar-refractivity contribution in [3.05, 3.63) is 70.4 Å². The van der Waals surface area contributed by atoms with Crippen LogP contribution in [0.1, 0.15) is 10.5 Å². The van der Waals surface area contributed by atoms with Gasteiger partial charge >= 0.3 is 0 Å². The zero-order valence-corrected chi connectivity index (χ0v) is 13.3. The summed E-state index contributed by atoms with van der Waals surface area (Å²) in [5.41, 5.74) is 3.81. The second kappa shape index (κ2) is 7.43. The van der Waals surface area contributed by atoms with Crippen molar-refractivity contribution in [1.82, 2.24) is 21.0 Å². The van der Waals surface area contributed by atoms with Crippen LogP contribution in [0.3, 0.4) is 0 Å². The average molecular weight is 356 g/mol. The van der Waals surface area contributed by atoms with Gasteiger partial charge in [-0.25, -0.2) is 9.49 Å². The number of carbonyl (C=O) groups excluding carboxylic acids is 2. The molecule has 26 heavy (non-hydrogen) atoms. The van der Waals surface area contributed by atoms with Gasteiger partial charge in [0.05, 0.1) is 5.39 Å². The normalized spacial score (nSPS) is 10.3. The molecule has 0 unspecified atom stereocenters. The van der Waals surface area contributed by atoms with Crippen LogP contribution in [0.2, 0.25) is 0 Å². The van der Waals surface area contributed by atoms with Crippen molar-refractivity contribution in [2.75, 3.05) is 6.61 Å². The lowest BCUT2D eigenvalue weighted by Crippen LogP contribution is -2.44. The van der Waals surface area contributed by atoms with Crippen molar-refractivity contribution in [2.45, 2.75) is 0 Å². The molecule has 0 aliphatic rings. The summed E-state index contributed by atoms with van der Waals surface area (Å²) in [6, 6.07) is 12.0. The van der Waals surface area contributed by atoms with Crippen LogP contribution in [0.5, 0.6) is 5.75 Å². The highest BCUT2D eigenvalue weighted by atomic mass is 19.1. The maximum atomic E-state index is 13.4. The lowest BCUT2D eigenvalue weighted by Gasteiger charge is -2.09. The fourth-order valence-corrected chi connectivity index (χ4v) is 2.21. The Balaban J connectivity index is 1.62. The fourth-order valence-electron chi connectivity index (χ4n) is 2.21. The van der Waals surface area contributed by atoms with Gasteiger partial charge in [-0.15, -0.1) is 0 Å². The molecule has 9 heteroatoms. The molecule has 2 aromatic carbocycles. The number of nitrogens with zero attached hydrogens (tertiary/aromatic N) is 1. The van der Waals surface area contributed by atoms with Crippen LogP contribution in [0.25, 0.3) is 10.8 Å².